The predicted octanol–water partition coefficient (Wildman–Crippen LogP) is 0.883. The summed E-state index contributed by atoms with van der Waals surface area (Å²) in [6.07, 6.45) is 0.869. The van der Waals surface area contributed by atoms with Gasteiger partial charge >= 0.3 is 6.09 Å². The van der Waals surface area contributed by atoms with Crippen molar-refractivity contribution in [3.05, 3.63) is 0 Å². The maximum absolute atomic E-state index is 11.4. The molecule has 0 saturated carbocycles. The molecule has 15 heavy (non-hydrogen) atoms. The molecule has 2 N–H and O–H groups in total. The first-order valence-electron chi connectivity index (χ1n) is 5.29. The van der Waals surface area contributed by atoms with Crippen LogP contribution in [-0.2, 0) is 4.74 Å². The fourth-order valence-corrected chi connectivity index (χ4v) is 1.49. The number of ether oxygens (including phenoxy) is 1. The average Bonchev–Trinajstić information content (AvgIpc) is 1.99. The zero-order valence-corrected chi connectivity index (χ0v) is 9.62. The lowest BCUT2D eigenvalue weighted by Gasteiger charge is -2.31. The molecular formula is C10H20N2O3. The van der Waals surface area contributed by atoms with Gasteiger partial charge in [0.05, 0.1) is 6.10 Å². The third kappa shape index (κ3) is 4.99. The maximum atomic E-state index is 11.4. The van der Waals surface area contributed by atoms with E-state index in [0.29, 0.717) is 6.54 Å². The third-order valence-corrected chi connectivity index (χ3v) is 2.04. The van der Waals surface area contributed by atoms with Crippen LogP contribution in [0.2, 0.25) is 0 Å². The second kappa shape index (κ2) is 4.81. The molecule has 1 aliphatic heterocycles. The number of hydrogen-bond donors (Lipinski definition) is 2. The van der Waals surface area contributed by atoms with Crippen molar-refractivity contribution in [2.75, 3.05) is 13.1 Å². The van der Waals surface area contributed by atoms with E-state index in [-0.39, 0.29) is 6.10 Å². The van der Waals surface area contributed by atoms with E-state index < -0.39 is 11.7 Å². The van der Waals surface area contributed by atoms with Crippen LogP contribution in [0.5, 0.6) is 0 Å². The van der Waals surface area contributed by atoms with Gasteiger partial charge in [0.1, 0.15) is 5.60 Å². The van der Waals surface area contributed by atoms with Gasteiger partial charge in [-0.2, -0.15) is 0 Å². The number of carbonyl (C=O) groups excluding carboxylic acids is 1. The van der Waals surface area contributed by atoms with Crippen molar-refractivity contribution in [2.24, 2.45) is 0 Å². The summed E-state index contributed by atoms with van der Waals surface area (Å²) in [7, 11) is 0. The fraction of sp³-hybridized carbons (Fsp3) is 0.900. The van der Waals surface area contributed by atoms with Crippen molar-refractivity contribution < 1.29 is 14.6 Å². The van der Waals surface area contributed by atoms with Gasteiger partial charge < -0.3 is 9.84 Å². The van der Waals surface area contributed by atoms with E-state index in [1.165, 1.54) is 0 Å². The normalized spacial score (nSPS) is 23.6. The van der Waals surface area contributed by atoms with E-state index in [4.69, 9.17) is 4.74 Å². The zero-order chi connectivity index (χ0) is 11.5. The molecule has 0 aromatic rings. The predicted molar refractivity (Wildman–Crippen MR) is 56.2 cm³/mol. The molecule has 0 aliphatic carbocycles. The first kappa shape index (κ1) is 12.3. The lowest BCUT2D eigenvalue weighted by molar-refractivity contribution is 0.00933. The molecule has 1 rings (SSSR count). The van der Waals surface area contributed by atoms with Crippen molar-refractivity contribution in [3.63, 3.8) is 0 Å². The number of piperidine rings is 1. The molecule has 1 atom stereocenters. The first-order chi connectivity index (χ1) is 6.87. The lowest BCUT2D eigenvalue weighted by atomic mass is 10.1. The summed E-state index contributed by atoms with van der Waals surface area (Å²) in [5.41, 5.74) is 2.13. The summed E-state index contributed by atoms with van der Waals surface area (Å²) in [4.78, 5) is 11.4. The fourth-order valence-electron chi connectivity index (χ4n) is 1.49. The Morgan fingerprint density at radius 2 is 2.20 bits per heavy atom. The van der Waals surface area contributed by atoms with Gasteiger partial charge in [0.25, 0.3) is 0 Å². The van der Waals surface area contributed by atoms with Crippen LogP contribution >= 0.6 is 0 Å². The molecule has 0 aromatic heterocycles. The Morgan fingerprint density at radius 1 is 1.53 bits per heavy atom. The van der Waals surface area contributed by atoms with Crippen molar-refractivity contribution in [3.8, 4) is 0 Å². The minimum Gasteiger partial charge on any atom is -0.443 e. The summed E-state index contributed by atoms with van der Waals surface area (Å²) in [5, 5.41) is 11.1. The Morgan fingerprint density at radius 3 is 2.73 bits per heavy atom. The molecule has 1 aliphatic rings. The van der Waals surface area contributed by atoms with Gasteiger partial charge in [0.2, 0.25) is 0 Å². The second-order valence-corrected chi connectivity index (χ2v) is 4.86. The van der Waals surface area contributed by atoms with E-state index in [2.05, 4.69) is 5.43 Å². The molecule has 1 heterocycles. The number of nitrogens with zero attached hydrogens (tertiary/aromatic N) is 1. The van der Waals surface area contributed by atoms with Gasteiger partial charge in [-0.25, -0.2) is 9.80 Å². The van der Waals surface area contributed by atoms with Crippen LogP contribution in [0, 0.1) is 0 Å². The molecule has 5 heteroatoms. The number of β-amino-alcohol motifs (C(OH)–C–C–N with tert-alkyl or cyclic N) is 1. The summed E-state index contributed by atoms with van der Waals surface area (Å²) in [6, 6.07) is 0. The van der Waals surface area contributed by atoms with E-state index >= 15 is 0 Å². The summed E-state index contributed by atoms with van der Waals surface area (Å²) in [6.45, 7) is 6.68. The standard InChI is InChI=1S/C10H20N2O3/c1-10(2,3)15-9(14)11-12-6-4-5-8(13)7-12/h8,13H,4-7H2,1-3H3,(H,11,14). The van der Waals surface area contributed by atoms with E-state index in [9.17, 15) is 9.90 Å². The van der Waals surface area contributed by atoms with Crippen molar-refractivity contribution >= 4 is 6.09 Å². The summed E-state index contributed by atoms with van der Waals surface area (Å²) in [5.74, 6) is 0. The number of aliphatic hydroxyl groups excluding tert-OH is 1. The number of carbonyl (C=O) groups is 1. The lowest BCUT2D eigenvalue weighted by Crippen LogP contribution is -2.50. The Bertz CT molecular complexity index is 225. The highest BCUT2D eigenvalue weighted by molar-refractivity contribution is 5.67. The molecule has 0 aromatic carbocycles. The highest BCUT2D eigenvalue weighted by Crippen LogP contribution is 2.09. The van der Waals surface area contributed by atoms with Gasteiger partial charge in [0, 0.05) is 13.1 Å². The Balaban J connectivity index is 2.31. The molecule has 1 fully saturated rings. The Hall–Kier alpha value is -0.810. The molecule has 88 valence electrons. The third-order valence-electron chi connectivity index (χ3n) is 2.04. The van der Waals surface area contributed by atoms with E-state index in [1.807, 2.05) is 20.8 Å². The van der Waals surface area contributed by atoms with Crippen molar-refractivity contribution in [1.29, 1.82) is 0 Å². The summed E-state index contributed by atoms with van der Waals surface area (Å²) >= 11 is 0. The highest BCUT2D eigenvalue weighted by atomic mass is 16.6. The molecule has 0 radical (unpaired) electrons. The van der Waals surface area contributed by atoms with Crippen LogP contribution in [0.3, 0.4) is 0 Å². The Kier molecular flexibility index (Phi) is 3.93. The van der Waals surface area contributed by atoms with E-state index in [0.717, 1.165) is 19.4 Å². The van der Waals surface area contributed by atoms with E-state index in [1.54, 1.807) is 5.01 Å². The Labute approximate surface area is 90.4 Å². The van der Waals surface area contributed by atoms with Crippen LogP contribution in [0.4, 0.5) is 4.79 Å². The number of hydrazine groups is 1. The monoisotopic (exact) mass is 216 g/mol. The SMILES string of the molecule is CC(C)(C)OC(=O)NN1CCCC(O)C1. The molecule has 1 unspecified atom stereocenters. The van der Waals surface area contributed by atoms with Crippen LogP contribution < -0.4 is 5.43 Å². The molecular weight excluding hydrogens is 196 g/mol. The minimum absolute atomic E-state index is 0.353. The van der Waals surface area contributed by atoms with Crippen LogP contribution in [0.15, 0.2) is 0 Å². The second-order valence-electron chi connectivity index (χ2n) is 4.86. The zero-order valence-electron chi connectivity index (χ0n) is 9.62. The largest absolute Gasteiger partial charge is 0.443 e. The number of aliphatic hydroxyl groups is 1. The van der Waals surface area contributed by atoms with Crippen LogP contribution in [-0.4, -0.2) is 41.0 Å². The molecule has 1 saturated heterocycles. The van der Waals surface area contributed by atoms with Crippen molar-refractivity contribution in [2.45, 2.75) is 45.3 Å². The maximum Gasteiger partial charge on any atom is 0.422 e. The van der Waals surface area contributed by atoms with Gasteiger partial charge in [-0.05, 0) is 33.6 Å². The van der Waals surface area contributed by atoms with Crippen molar-refractivity contribution in [1.82, 2.24) is 10.4 Å². The number of amides is 1. The van der Waals surface area contributed by atoms with Gasteiger partial charge in [-0.15, -0.1) is 0 Å². The average molecular weight is 216 g/mol. The molecule has 1 amide bonds. The van der Waals surface area contributed by atoms with Gasteiger partial charge in [0.15, 0.2) is 0 Å². The smallest absolute Gasteiger partial charge is 0.422 e. The minimum atomic E-state index is -0.488. The molecule has 0 spiro atoms. The number of rotatable bonds is 1. The van der Waals surface area contributed by atoms with Gasteiger partial charge in [-0.1, -0.05) is 0 Å². The molecule has 0 bridgehead atoms. The van der Waals surface area contributed by atoms with Crippen LogP contribution in [0.1, 0.15) is 33.6 Å². The van der Waals surface area contributed by atoms with Crippen LogP contribution in [0.25, 0.3) is 0 Å². The topological polar surface area (TPSA) is 61.8 Å². The highest BCUT2D eigenvalue weighted by Gasteiger charge is 2.22. The van der Waals surface area contributed by atoms with Gasteiger partial charge in [-0.3, -0.25) is 5.43 Å². The summed E-state index contributed by atoms with van der Waals surface area (Å²) < 4.78 is 5.10. The quantitative estimate of drug-likeness (QED) is 0.683. The molecule has 5 nitrogen and oxygen atoms in total. The first-order valence-corrected chi connectivity index (χ1v) is 5.29. The number of nitrogens with one attached hydrogen (secondary N) is 1. The number of hydrogen-bond acceptors (Lipinski definition) is 4.